The molecule has 0 bridgehead atoms. The topological polar surface area (TPSA) is 69.6 Å². The van der Waals surface area contributed by atoms with Crippen LogP contribution in [0.5, 0.6) is 0 Å². The van der Waals surface area contributed by atoms with E-state index in [0.29, 0.717) is 24.5 Å². The fourth-order valence-corrected chi connectivity index (χ4v) is 5.70. The number of hydrogen-bond donors (Lipinski definition) is 2. The molecule has 32 heavy (non-hydrogen) atoms. The number of nitrogens with zero attached hydrogens (tertiary/aromatic N) is 1. The van der Waals surface area contributed by atoms with Crippen LogP contribution < -0.4 is 5.32 Å². The van der Waals surface area contributed by atoms with Gasteiger partial charge in [-0.3, -0.25) is 0 Å². The lowest BCUT2D eigenvalue weighted by atomic mass is 9.82. The molecule has 0 saturated carbocycles. The maximum absolute atomic E-state index is 12.9. The molecule has 1 heterocycles. The van der Waals surface area contributed by atoms with E-state index in [0.717, 1.165) is 16.7 Å². The number of halogens is 1. The molecule has 0 amide bonds. The van der Waals surface area contributed by atoms with Crippen molar-refractivity contribution < 1.29 is 13.5 Å². The molecule has 3 aromatic rings. The van der Waals surface area contributed by atoms with Gasteiger partial charge in [-0.25, -0.2) is 8.42 Å². The minimum Gasteiger partial charge on any atom is -0.396 e. The van der Waals surface area contributed by atoms with Crippen molar-refractivity contribution in [3.8, 4) is 0 Å². The molecule has 1 fully saturated rings. The van der Waals surface area contributed by atoms with Crippen LogP contribution in [0, 0.1) is 12.3 Å². The van der Waals surface area contributed by atoms with Crippen LogP contribution in [0.1, 0.15) is 22.7 Å². The molecule has 2 N–H and O–H groups in total. The van der Waals surface area contributed by atoms with Crippen molar-refractivity contribution in [2.75, 3.05) is 26.2 Å². The van der Waals surface area contributed by atoms with Gasteiger partial charge < -0.3 is 10.4 Å². The number of rotatable bonds is 8. The second-order valence-electron chi connectivity index (χ2n) is 8.38. The zero-order valence-corrected chi connectivity index (χ0v) is 19.6. The average Bonchev–Trinajstić information content (AvgIpc) is 2.77. The summed E-state index contributed by atoms with van der Waals surface area (Å²) in [5, 5.41) is 13.7. The van der Waals surface area contributed by atoms with Gasteiger partial charge >= 0.3 is 0 Å². The highest BCUT2D eigenvalue weighted by Gasteiger charge is 2.48. The fraction of sp³-hybridized carbons (Fsp3) is 0.280. The van der Waals surface area contributed by atoms with E-state index in [1.807, 2.05) is 43.3 Å². The van der Waals surface area contributed by atoms with Crippen molar-refractivity contribution in [1.82, 2.24) is 9.62 Å². The SMILES string of the molecule is Cc1ccc(S(=O)(=O)N2CC(CO)(CNC(c3ccccc3)c3ccccc3)C2)cc1.Cl. The van der Waals surface area contributed by atoms with Gasteiger partial charge in [0.1, 0.15) is 0 Å². The first-order chi connectivity index (χ1) is 14.9. The number of nitrogens with one attached hydrogen (secondary N) is 1. The van der Waals surface area contributed by atoms with Crippen molar-refractivity contribution in [3.63, 3.8) is 0 Å². The van der Waals surface area contributed by atoms with E-state index >= 15 is 0 Å². The molecular weight excluding hydrogens is 444 g/mol. The number of hydrogen-bond acceptors (Lipinski definition) is 4. The molecule has 1 aliphatic heterocycles. The van der Waals surface area contributed by atoms with Gasteiger partial charge in [-0.05, 0) is 30.2 Å². The zero-order valence-electron chi connectivity index (χ0n) is 18.0. The van der Waals surface area contributed by atoms with Crippen LogP contribution in [0.2, 0.25) is 0 Å². The Hall–Kier alpha value is -2.22. The van der Waals surface area contributed by atoms with Crippen LogP contribution >= 0.6 is 12.4 Å². The van der Waals surface area contributed by atoms with Gasteiger partial charge in [0, 0.05) is 25.0 Å². The molecule has 0 unspecified atom stereocenters. The lowest BCUT2D eigenvalue weighted by Crippen LogP contribution is -2.63. The predicted molar refractivity (Wildman–Crippen MR) is 129 cm³/mol. The summed E-state index contributed by atoms with van der Waals surface area (Å²) in [4.78, 5) is 0.295. The smallest absolute Gasteiger partial charge is 0.243 e. The lowest BCUT2D eigenvalue weighted by molar-refractivity contribution is 0.00821. The summed E-state index contributed by atoms with van der Waals surface area (Å²) >= 11 is 0. The zero-order chi connectivity index (χ0) is 21.9. The van der Waals surface area contributed by atoms with Gasteiger partial charge in [0.15, 0.2) is 0 Å². The van der Waals surface area contributed by atoms with E-state index in [4.69, 9.17) is 0 Å². The van der Waals surface area contributed by atoms with Gasteiger partial charge in [-0.15, -0.1) is 12.4 Å². The quantitative estimate of drug-likeness (QED) is 0.523. The van der Waals surface area contributed by atoms with Gasteiger partial charge in [0.2, 0.25) is 10.0 Å². The Bertz CT molecular complexity index is 1060. The summed E-state index contributed by atoms with van der Waals surface area (Å²) in [6, 6.07) is 27.2. The number of benzene rings is 3. The van der Waals surface area contributed by atoms with E-state index in [1.165, 1.54) is 4.31 Å². The third-order valence-electron chi connectivity index (χ3n) is 5.96. The van der Waals surface area contributed by atoms with Gasteiger partial charge in [0.25, 0.3) is 0 Å². The minimum absolute atomic E-state index is 0. The summed E-state index contributed by atoms with van der Waals surface area (Å²) in [5.41, 5.74) is 2.78. The Balaban J connectivity index is 0.00000289. The first-order valence-electron chi connectivity index (χ1n) is 10.4. The third kappa shape index (κ3) is 5.05. The van der Waals surface area contributed by atoms with Crippen LogP contribution in [0.3, 0.4) is 0 Å². The van der Waals surface area contributed by atoms with E-state index in [1.54, 1.807) is 24.3 Å². The Morgan fingerprint density at radius 1 is 0.906 bits per heavy atom. The number of aryl methyl sites for hydroxylation is 1. The van der Waals surface area contributed by atoms with E-state index in [2.05, 4.69) is 29.6 Å². The van der Waals surface area contributed by atoms with Crippen LogP contribution in [-0.2, 0) is 10.0 Å². The first-order valence-corrected chi connectivity index (χ1v) is 11.9. The van der Waals surface area contributed by atoms with Gasteiger partial charge in [-0.1, -0.05) is 78.4 Å². The summed E-state index contributed by atoms with van der Waals surface area (Å²) in [5.74, 6) is 0. The summed E-state index contributed by atoms with van der Waals surface area (Å²) in [6.45, 7) is 2.96. The minimum atomic E-state index is -3.55. The van der Waals surface area contributed by atoms with Crippen molar-refractivity contribution in [3.05, 3.63) is 102 Å². The highest BCUT2D eigenvalue weighted by molar-refractivity contribution is 7.89. The molecule has 0 aromatic heterocycles. The first kappa shape index (κ1) is 24.4. The standard InChI is InChI=1S/C25H28N2O3S.ClH/c1-20-12-14-23(15-13-20)31(29,30)27-17-25(18-27,19-28)16-26-24(21-8-4-2-5-9-21)22-10-6-3-7-11-22;/h2-15,24,26,28H,16-19H2,1H3;1H. The van der Waals surface area contributed by atoms with Gasteiger partial charge in [0.05, 0.1) is 17.5 Å². The van der Waals surface area contributed by atoms with Crippen molar-refractivity contribution >= 4 is 22.4 Å². The Labute approximate surface area is 196 Å². The molecule has 0 aliphatic carbocycles. The molecule has 3 aromatic carbocycles. The summed E-state index contributed by atoms with van der Waals surface area (Å²) in [6.07, 6.45) is 0. The lowest BCUT2D eigenvalue weighted by Gasteiger charge is -2.48. The molecule has 0 spiro atoms. The molecule has 7 heteroatoms. The van der Waals surface area contributed by atoms with Crippen molar-refractivity contribution in [1.29, 1.82) is 0 Å². The average molecular weight is 473 g/mol. The number of sulfonamides is 1. The largest absolute Gasteiger partial charge is 0.396 e. The molecular formula is C25H29ClN2O3S. The van der Waals surface area contributed by atoms with Crippen LogP contribution in [0.4, 0.5) is 0 Å². The Morgan fingerprint density at radius 3 is 1.88 bits per heavy atom. The molecule has 5 nitrogen and oxygen atoms in total. The van der Waals surface area contributed by atoms with E-state index in [-0.39, 0.29) is 25.1 Å². The second kappa shape index (κ2) is 10.1. The predicted octanol–water partition coefficient (Wildman–Crippen LogP) is 3.78. The van der Waals surface area contributed by atoms with Gasteiger partial charge in [-0.2, -0.15) is 4.31 Å². The Kier molecular flexibility index (Phi) is 7.75. The number of aliphatic hydroxyl groups excluding tert-OH is 1. The van der Waals surface area contributed by atoms with Crippen molar-refractivity contribution in [2.45, 2.75) is 17.9 Å². The van der Waals surface area contributed by atoms with Crippen LogP contribution in [0.25, 0.3) is 0 Å². The molecule has 0 atom stereocenters. The normalized spacial score (nSPS) is 15.7. The highest BCUT2D eigenvalue weighted by atomic mass is 35.5. The Morgan fingerprint density at radius 2 is 1.41 bits per heavy atom. The molecule has 1 aliphatic rings. The molecule has 170 valence electrons. The highest BCUT2D eigenvalue weighted by Crippen LogP contribution is 2.35. The third-order valence-corrected chi connectivity index (χ3v) is 7.77. The van der Waals surface area contributed by atoms with Crippen LogP contribution in [0.15, 0.2) is 89.8 Å². The monoisotopic (exact) mass is 472 g/mol. The van der Waals surface area contributed by atoms with Crippen LogP contribution in [-0.4, -0.2) is 44.1 Å². The molecule has 1 saturated heterocycles. The maximum atomic E-state index is 12.9. The summed E-state index contributed by atoms with van der Waals surface area (Å²) in [7, 11) is -3.55. The number of aliphatic hydroxyl groups is 1. The summed E-state index contributed by atoms with van der Waals surface area (Å²) < 4.78 is 27.3. The maximum Gasteiger partial charge on any atom is 0.243 e. The molecule has 0 radical (unpaired) electrons. The van der Waals surface area contributed by atoms with Crippen molar-refractivity contribution in [2.24, 2.45) is 5.41 Å². The van der Waals surface area contributed by atoms with E-state index < -0.39 is 15.4 Å². The fourth-order valence-electron chi connectivity index (χ4n) is 4.04. The second-order valence-corrected chi connectivity index (χ2v) is 10.3. The van der Waals surface area contributed by atoms with E-state index in [9.17, 15) is 13.5 Å². The molecule has 4 rings (SSSR count).